The fourth-order valence-electron chi connectivity index (χ4n) is 3.17. The van der Waals surface area contributed by atoms with E-state index in [2.05, 4.69) is 0 Å². The Hall–Kier alpha value is -2.69. The molecule has 1 aliphatic carbocycles. The molecule has 2 aromatic carbocycles. The zero-order chi connectivity index (χ0) is 18.7. The van der Waals surface area contributed by atoms with E-state index in [1.165, 1.54) is 25.3 Å². The number of Topliss-reactive ketones (excluding diaryl/α,β-unsaturated/α-hetero) is 1. The third-order valence-electron chi connectivity index (χ3n) is 4.64. The van der Waals surface area contributed by atoms with Gasteiger partial charge in [-0.3, -0.25) is 4.79 Å². The second-order valence-electron chi connectivity index (χ2n) is 6.33. The van der Waals surface area contributed by atoms with E-state index < -0.39 is 23.5 Å². The van der Waals surface area contributed by atoms with E-state index in [1.807, 2.05) is 30.3 Å². The molecule has 0 heterocycles. The number of carbonyl (C=O) groups is 1. The highest BCUT2D eigenvalue weighted by Gasteiger charge is 2.33. The van der Waals surface area contributed by atoms with Crippen LogP contribution in [0.3, 0.4) is 0 Å². The van der Waals surface area contributed by atoms with Gasteiger partial charge in [-0.2, -0.15) is 0 Å². The highest BCUT2D eigenvalue weighted by Crippen LogP contribution is 2.42. The first-order valence-corrected chi connectivity index (χ1v) is 8.43. The Morgan fingerprint density at radius 2 is 1.88 bits per heavy atom. The van der Waals surface area contributed by atoms with Crippen LogP contribution in [-0.4, -0.2) is 12.9 Å². The van der Waals surface area contributed by atoms with Crippen LogP contribution in [0.1, 0.15) is 30.4 Å². The minimum absolute atomic E-state index is 0.0284. The number of hydrogen-bond donors (Lipinski definition) is 0. The molecule has 0 N–H and O–H groups in total. The van der Waals surface area contributed by atoms with Crippen molar-refractivity contribution in [3.05, 3.63) is 71.3 Å². The minimum Gasteiger partial charge on any atom is -0.493 e. The number of halogens is 2. The van der Waals surface area contributed by atoms with Crippen molar-refractivity contribution >= 4 is 5.78 Å². The number of carbonyl (C=O) groups excluding carboxylic acids is 1. The molecule has 3 nitrogen and oxygen atoms in total. The van der Waals surface area contributed by atoms with E-state index in [9.17, 15) is 13.6 Å². The van der Waals surface area contributed by atoms with Gasteiger partial charge >= 0.3 is 0 Å². The molecule has 0 aliphatic heterocycles. The lowest BCUT2D eigenvalue weighted by molar-refractivity contribution is -0.122. The number of hydrogen-bond acceptors (Lipinski definition) is 3. The van der Waals surface area contributed by atoms with Crippen molar-refractivity contribution in [2.45, 2.75) is 25.9 Å². The fourth-order valence-corrected chi connectivity index (χ4v) is 3.17. The molecule has 136 valence electrons. The summed E-state index contributed by atoms with van der Waals surface area (Å²) in [5, 5.41) is 0. The Balaban J connectivity index is 1.91. The van der Waals surface area contributed by atoms with Gasteiger partial charge in [0.2, 0.25) is 0 Å². The molecule has 26 heavy (non-hydrogen) atoms. The Bertz CT molecular complexity index is 831. The van der Waals surface area contributed by atoms with E-state index in [-0.39, 0.29) is 30.3 Å². The van der Waals surface area contributed by atoms with Crippen molar-refractivity contribution in [2.75, 3.05) is 7.11 Å². The van der Waals surface area contributed by atoms with Crippen molar-refractivity contribution in [1.82, 2.24) is 0 Å². The van der Waals surface area contributed by atoms with Crippen molar-refractivity contribution < 1.29 is 23.0 Å². The number of methoxy groups -OCH3 is 1. The van der Waals surface area contributed by atoms with Gasteiger partial charge < -0.3 is 9.47 Å². The van der Waals surface area contributed by atoms with Gasteiger partial charge in [-0.1, -0.05) is 37.3 Å². The summed E-state index contributed by atoms with van der Waals surface area (Å²) in [6.45, 7) is 1.84. The Kier molecular flexibility index (Phi) is 5.35. The zero-order valence-electron chi connectivity index (χ0n) is 14.7. The topological polar surface area (TPSA) is 35.5 Å². The predicted molar refractivity (Wildman–Crippen MR) is 94.4 cm³/mol. The Labute approximate surface area is 151 Å². The lowest BCUT2D eigenvalue weighted by Crippen LogP contribution is -2.23. The molecule has 0 aromatic heterocycles. The molecule has 0 fully saturated rings. The SMILES string of the molecule is COc1cc(C2C(F)=CCC(=O)C2C)cc(F)c1OCc1ccccc1. The molecule has 2 unspecified atom stereocenters. The van der Waals surface area contributed by atoms with Crippen LogP contribution in [0.2, 0.25) is 0 Å². The first kappa shape index (κ1) is 18.1. The molecule has 3 rings (SSSR count). The van der Waals surface area contributed by atoms with Gasteiger partial charge in [-0.15, -0.1) is 0 Å². The summed E-state index contributed by atoms with van der Waals surface area (Å²) >= 11 is 0. The normalized spacial score (nSPS) is 19.8. The first-order valence-electron chi connectivity index (χ1n) is 8.43. The van der Waals surface area contributed by atoms with Gasteiger partial charge in [0, 0.05) is 18.3 Å². The molecular weight excluding hydrogens is 338 g/mol. The molecule has 0 saturated heterocycles. The van der Waals surface area contributed by atoms with Crippen molar-refractivity contribution in [3.8, 4) is 11.5 Å². The summed E-state index contributed by atoms with van der Waals surface area (Å²) in [5.74, 6) is -2.35. The second kappa shape index (κ2) is 7.68. The van der Waals surface area contributed by atoms with Crippen molar-refractivity contribution in [3.63, 3.8) is 0 Å². The van der Waals surface area contributed by atoms with E-state index >= 15 is 0 Å². The van der Waals surface area contributed by atoms with E-state index in [0.717, 1.165) is 5.56 Å². The van der Waals surface area contributed by atoms with Crippen LogP contribution in [-0.2, 0) is 11.4 Å². The first-order chi connectivity index (χ1) is 12.5. The molecule has 0 saturated carbocycles. The van der Waals surface area contributed by atoms with Crippen LogP contribution >= 0.6 is 0 Å². The van der Waals surface area contributed by atoms with Crippen LogP contribution in [0.4, 0.5) is 8.78 Å². The standard InChI is InChI=1S/C21H20F2O3/c1-13-18(24)9-8-16(22)20(13)15-10-17(23)21(19(11-15)25-2)26-12-14-6-4-3-5-7-14/h3-8,10-11,13,20H,9,12H2,1-2H3. The summed E-state index contributed by atoms with van der Waals surface area (Å²) in [6, 6.07) is 12.1. The van der Waals surface area contributed by atoms with Crippen LogP contribution in [0.5, 0.6) is 11.5 Å². The molecule has 0 amide bonds. The van der Waals surface area contributed by atoms with E-state index in [1.54, 1.807) is 6.92 Å². The van der Waals surface area contributed by atoms with Crippen molar-refractivity contribution in [2.24, 2.45) is 5.92 Å². The average Bonchev–Trinajstić information content (AvgIpc) is 2.64. The number of rotatable bonds is 5. The lowest BCUT2D eigenvalue weighted by atomic mass is 9.79. The quantitative estimate of drug-likeness (QED) is 0.758. The van der Waals surface area contributed by atoms with Gasteiger partial charge in [-0.25, -0.2) is 8.78 Å². The molecule has 0 spiro atoms. The molecule has 1 aliphatic rings. The number of ether oxygens (including phenoxy) is 2. The predicted octanol–water partition coefficient (Wildman–Crippen LogP) is 4.96. The van der Waals surface area contributed by atoms with Gasteiger partial charge in [0.05, 0.1) is 7.11 Å². The number of ketones is 1. The summed E-state index contributed by atoms with van der Waals surface area (Å²) in [4.78, 5) is 11.9. The number of benzene rings is 2. The van der Waals surface area contributed by atoms with E-state index in [0.29, 0.717) is 5.56 Å². The highest BCUT2D eigenvalue weighted by molar-refractivity contribution is 5.85. The monoisotopic (exact) mass is 358 g/mol. The van der Waals surface area contributed by atoms with Crippen LogP contribution in [0.25, 0.3) is 0 Å². The molecule has 2 aromatic rings. The van der Waals surface area contributed by atoms with Crippen LogP contribution in [0.15, 0.2) is 54.4 Å². The third kappa shape index (κ3) is 3.62. The van der Waals surface area contributed by atoms with Gasteiger partial charge in [-0.05, 0) is 29.3 Å². The smallest absolute Gasteiger partial charge is 0.197 e. The van der Waals surface area contributed by atoms with E-state index in [4.69, 9.17) is 9.47 Å². The van der Waals surface area contributed by atoms with Gasteiger partial charge in [0.1, 0.15) is 18.2 Å². The average molecular weight is 358 g/mol. The van der Waals surface area contributed by atoms with Gasteiger partial charge in [0.15, 0.2) is 17.3 Å². The summed E-state index contributed by atoms with van der Waals surface area (Å²) in [6.07, 6.45) is 1.33. The Morgan fingerprint density at radius 3 is 2.58 bits per heavy atom. The number of allylic oxidation sites excluding steroid dienone is 2. The lowest BCUT2D eigenvalue weighted by Gasteiger charge is -2.26. The van der Waals surface area contributed by atoms with Gasteiger partial charge in [0.25, 0.3) is 0 Å². The molecular formula is C21H20F2O3. The van der Waals surface area contributed by atoms with Crippen LogP contribution < -0.4 is 9.47 Å². The largest absolute Gasteiger partial charge is 0.493 e. The minimum atomic E-state index is -0.803. The summed E-state index contributed by atoms with van der Waals surface area (Å²) in [5.41, 5.74) is 1.25. The summed E-state index contributed by atoms with van der Waals surface area (Å²) < 4.78 is 39.8. The zero-order valence-corrected chi connectivity index (χ0v) is 14.7. The maximum atomic E-state index is 14.7. The van der Waals surface area contributed by atoms with Crippen molar-refractivity contribution in [1.29, 1.82) is 0 Å². The van der Waals surface area contributed by atoms with Crippen LogP contribution in [0, 0.1) is 11.7 Å². The molecule has 5 heteroatoms. The highest BCUT2D eigenvalue weighted by atomic mass is 19.1. The Morgan fingerprint density at radius 1 is 1.15 bits per heavy atom. The maximum absolute atomic E-state index is 14.7. The molecule has 0 radical (unpaired) electrons. The summed E-state index contributed by atoms with van der Waals surface area (Å²) in [7, 11) is 1.40. The molecule has 0 bridgehead atoms. The third-order valence-corrected chi connectivity index (χ3v) is 4.64. The second-order valence-corrected chi connectivity index (χ2v) is 6.33. The maximum Gasteiger partial charge on any atom is 0.197 e. The molecule has 2 atom stereocenters. The fraction of sp³-hybridized carbons (Fsp3) is 0.286.